The molecule has 1 N–H and O–H groups in total. The summed E-state index contributed by atoms with van der Waals surface area (Å²) >= 11 is 0. The van der Waals surface area contributed by atoms with E-state index < -0.39 is 12.1 Å². The number of nitrogens with zero attached hydrogens (tertiary/aromatic N) is 6. The Balaban J connectivity index is 1.14. The summed E-state index contributed by atoms with van der Waals surface area (Å²) in [7, 11) is 1.56. The number of ether oxygens (including phenoxy) is 3. The highest BCUT2D eigenvalue weighted by atomic mass is 16.5. The molecular formula is C29H31N7O5. The standard InChI is InChI=1S/C29H31N7O5/c1-39-24-9-8-19-12-25(24)40-11-10-35-13-20(32-33-35)17-41-26-15-34(14-22(26)31-29(19)38)27(37)16-36-23-5-3-2-4-21(23)30-28(36)18-6-7-18/h2-5,8-9,12-13,18,22,26H,6-7,10-11,14-17H2,1H3,(H,31,38)/t22-,26-/m0/s1. The van der Waals surface area contributed by atoms with Gasteiger partial charge in [-0.25, -0.2) is 9.67 Å². The molecule has 1 aliphatic carbocycles. The summed E-state index contributed by atoms with van der Waals surface area (Å²) in [5, 5.41) is 11.5. The SMILES string of the molecule is COc1ccc2cc1OCCn1cc(nn1)CO[C@H]1CN(C(=O)Cn3c(C4CC4)nc4ccccc43)C[C@@H]1NC2=O. The highest BCUT2D eigenvalue weighted by Crippen LogP contribution is 2.40. The molecule has 2 aromatic carbocycles. The number of hydrogen-bond donors (Lipinski definition) is 1. The second kappa shape index (κ2) is 10.5. The number of rotatable bonds is 4. The molecule has 41 heavy (non-hydrogen) atoms. The zero-order chi connectivity index (χ0) is 27.9. The van der Waals surface area contributed by atoms with Crippen molar-refractivity contribution in [3.05, 3.63) is 65.7 Å². The van der Waals surface area contributed by atoms with Gasteiger partial charge in [0.1, 0.15) is 24.7 Å². The first-order chi connectivity index (χ1) is 20.1. The summed E-state index contributed by atoms with van der Waals surface area (Å²) in [6, 6.07) is 12.6. The van der Waals surface area contributed by atoms with E-state index in [1.54, 1.807) is 34.9 Å². The predicted octanol–water partition coefficient (Wildman–Crippen LogP) is 2.13. The van der Waals surface area contributed by atoms with Crippen molar-refractivity contribution in [3.63, 3.8) is 0 Å². The first-order valence-electron chi connectivity index (χ1n) is 13.9. The summed E-state index contributed by atoms with van der Waals surface area (Å²) in [4.78, 5) is 33.6. The Labute approximate surface area is 236 Å². The number of carbonyl (C=O) groups is 2. The topological polar surface area (TPSA) is 126 Å². The van der Waals surface area contributed by atoms with Crippen LogP contribution in [0.3, 0.4) is 0 Å². The average Bonchev–Trinajstić information content (AvgIpc) is 3.43. The second-order valence-corrected chi connectivity index (χ2v) is 10.7. The van der Waals surface area contributed by atoms with E-state index in [1.165, 1.54) is 0 Å². The molecule has 1 saturated heterocycles. The quantitative estimate of drug-likeness (QED) is 0.405. The Hall–Kier alpha value is -4.45. The zero-order valence-corrected chi connectivity index (χ0v) is 22.7. The van der Waals surface area contributed by atoms with Gasteiger partial charge in [-0.05, 0) is 43.2 Å². The number of methoxy groups -OCH3 is 1. The number of para-hydroxylation sites is 2. The van der Waals surface area contributed by atoms with Crippen molar-refractivity contribution in [2.75, 3.05) is 26.8 Å². The fourth-order valence-corrected chi connectivity index (χ4v) is 5.57. The third-order valence-electron chi connectivity index (χ3n) is 7.89. The minimum atomic E-state index is -0.422. The van der Waals surface area contributed by atoms with Gasteiger partial charge in [0.05, 0.1) is 49.6 Å². The first kappa shape index (κ1) is 25.5. The first-order valence-corrected chi connectivity index (χ1v) is 13.9. The van der Waals surface area contributed by atoms with Gasteiger partial charge in [0, 0.05) is 24.6 Å². The van der Waals surface area contributed by atoms with Crippen LogP contribution in [-0.2, 0) is 29.2 Å². The molecule has 12 nitrogen and oxygen atoms in total. The molecule has 2 aromatic heterocycles. The van der Waals surface area contributed by atoms with Crippen molar-refractivity contribution >= 4 is 22.8 Å². The van der Waals surface area contributed by atoms with Crippen molar-refractivity contribution in [1.82, 2.24) is 34.8 Å². The summed E-state index contributed by atoms with van der Waals surface area (Å²) < 4.78 is 21.3. The van der Waals surface area contributed by atoms with Gasteiger partial charge in [0.25, 0.3) is 5.91 Å². The van der Waals surface area contributed by atoms with Crippen LogP contribution < -0.4 is 14.8 Å². The lowest BCUT2D eigenvalue weighted by Crippen LogP contribution is -2.44. The van der Waals surface area contributed by atoms with Crippen molar-refractivity contribution in [1.29, 1.82) is 0 Å². The Bertz CT molecular complexity index is 1610. The van der Waals surface area contributed by atoms with E-state index in [2.05, 4.69) is 15.6 Å². The van der Waals surface area contributed by atoms with Crippen LogP contribution >= 0.6 is 0 Å². The molecule has 2 amide bonds. The molecule has 4 aromatic rings. The molecule has 4 bridgehead atoms. The van der Waals surface area contributed by atoms with Gasteiger partial charge in [0.15, 0.2) is 11.5 Å². The molecule has 1 saturated carbocycles. The third-order valence-corrected chi connectivity index (χ3v) is 7.89. The van der Waals surface area contributed by atoms with Crippen molar-refractivity contribution in [2.24, 2.45) is 0 Å². The maximum Gasteiger partial charge on any atom is 0.251 e. The average molecular weight is 558 g/mol. The number of amides is 2. The highest BCUT2D eigenvalue weighted by Gasteiger charge is 2.38. The van der Waals surface area contributed by atoms with Crippen LogP contribution in [0.25, 0.3) is 11.0 Å². The third kappa shape index (κ3) is 5.10. The Kier molecular flexibility index (Phi) is 6.54. The van der Waals surface area contributed by atoms with Crippen LogP contribution in [0.5, 0.6) is 11.5 Å². The molecule has 2 atom stereocenters. The van der Waals surface area contributed by atoms with Crippen LogP contribution in [0.15, 0.2) is 48.7 Å². The number of carbonyl (C=O) groups excluding carboxylic acids is 2. The van der Waals surface area contributed by atoms with E-state index in [0.717, 1.165) is 29.7 Å². The molecule has 12 heteroatoms. The number of nitrogens with one attached hydrogen (secondary N) is 1. The lowest BCUT2D eigenvalue weighted by molar-refractivity contribution is -0.131. The van der Waals surface area contributed by atoms with Gasteiger partial charge >= 0.3 is 0 Å². The Morgan fingerprint density at radius 2 is 2.05 bits per heavy atom. The summed E-state index contributed by atoms with van der Waals surface area (Å²) in [6.45, 7) is 1.86. The van der Waals surface area contributed by atoms with E-state index in [-0.39, 0.29) is 25.0 Å². The minimum Gasteiger partial charge on any atom is -0.493 e. The largest absolute Gasteiger partial charge is 0.493 e. The zero-order valence-electron chi connectivity index (χ0n) is 22.7. The molecule has 0 unspecified atom stereocenters. The number of hydrogen-bond acceptors (Lipinski definition) is 8. The molecule has 212 valence electrons. The van der Waals surface area contributed by atoms with Crippen molar-refractivity contribution < 1.29 is 23.8 Å². The maximum absolute atomic E-state index is 13.7. The molecule has 2 aliphatic heterocycles. The second-order valence-electron chi connectivity index (χ2n) is 10.7. The lowest BCUT2D eigenvalue weighted by Gasteiger charge is -2.20. The van der Waals surface area contributed by atoms with E-state index in [1.807, 2.05) is 35.0 Å². The molecule has 0 spiro atoms. The van der Waals surface area contributed by atoms with Crippen LogP contribution in [0, 0.1) is 0 Å². The van der Waals surface area contributed by atoms with Crippen LogP contribution in [-0.4, -0.2) is 80.2 Å². The van der Waals surface area contributed by atoms with E-state index in [9.17, 15) is 9.59 Å². The number of imidazole rings is 1. The molecular weight excluding hydrogens is 526 g/mol. The Morgan fingerprint density at radius 1 is 1.17 bits per heavy atom. The molecule has 4 heterocycles. The van der Waals surface area contributed by atoms with Crippen molar-refractivity contribution in [2.45, 2.75) is 50.6 Å². The predicted molar refractivity (Wildman–Crippen MR) is 147 cm³/mol. The molecule has 3 aliphatic rings. The summed E-state index contributed by atoms with van der Waals surface area (Å²) in [5.41, 5.74) is 2.95. The number of likely N-dealkylation sites (tertiary alicyclic amines) is 1. The van der Waals surface area contributed by atoms with Gasteiger partial charge in [-0.1, -0.05) is 17.3 Å². The van der Waals surface area contributed by atoms with Gasteiger partial charge < -0.3 is 29.0 Å². The number of fused-ring (bicyclic) bond motifs is 6. The monoisotopic (exact) mass is 557 g/mol. The Morgan fingerprint density at radius 3 is 2.90 bits per heavy atom. The number of benzene rings is 2. The maximum atomic E-state index is 13.7. The van der Waals surface area contributed by atoms with Crippen molar-refractivity contribution in [3.8, 4) is 11.5 Å². The van der Waals surface area contributed by atoms with Crippen LogP contribution in [0.4, 0.5) is 0 Å². The smallest absolute Gasteiger partial charge is 0.251 e. The minimum absolute atomic E-state index is 0.0408. The number of aromatic nitrogens is 5. The summed E-state index contributed by atoms with van der Waals surface area (Å²) in [5.74, 6) is 2.04. The van der Waals surface area contributed by atoms with E-state index >= 15 is 0 Å². The normalized spacial score (nSPS) is 21.0. The molecule has 2 fully saturated rings. The lowest BCUT2D eigenvalue weighted by atomic mass is 10.1. The van der Waals surface area contributed by atoms with Gasteiger partial charge in [0.2, 0.25) is 5.91 Å². The fraction of sp³-hybridized carbons (Fsp3) is 0.414. The van der Waals surface area contributed by atoms with Crippen LogP contribution in [0.2, 0.25) is 0 Å². The fourth-order valence-electron chi connectivity index (χ4n) is 5.57. The van der Waals surface area contributed by atoms with Gasteiger partial charge in [-0.15, -0.1) is 5.10 Å². The van der Waals surface area contributed by atoms with Gasteiger partial charge in [-0.2, -0.15) is 0 Å². The van der Waals surface area contributed by atoms with Gasteiger partial charge in [-0.3, -0.25) is 9.59 Å². The van der Waals surface area contributed by atoms with E-state index in [0.29, 0.717) is 54.9 Å². The molecule has 7 rings (SSSR count). The highest BCUT2D eigenvalue weighted by molar-refractivity contribution is 5.95. The van der Waals surface area contributed by atoms with Crippen LogP contribution in [0.1, 0.15) is 40.6 Å². The molecule has 0 radical (unpaired) electrons. The summed E-state index contributed by atoms with van der Waals surface area (Å²) in [6.07, 6.45) is 3.57. The van der Waals surface area contributed by atoms with E-state index in [4.69, 9.17) is 19.2 Å².